The van der Waals surface area contributed by atoms with Gasteiger partial charge in [0.25, 0.3) is 5.91 Å². The fraction of sp³-hybridized carbons (Fsp3) is 0.500. The third-order valence-corrected chi connectivity index (χ3v) is 3.66. The number of halogens is 1. The van der Waals surface area contributed by atoms with Gasteiger partial charge in [-0.05, 0) is 37.6 Å². The van der Waals surface area contributed by atoms with Gasteiger partial charge in [0.1, 0.15) is 5.75 Å². The molecule has 1 aromatic rings. The van der Waals surface area contributed by atoms with Crippen LogP contribution in [0.25, 0.3) is 0 Å². The summed E-state index contributed by atoms with van der Waals surface area (Å²) in [5, 5.41) is 12.5. The molecule has 0 aliphatic carbocycles. The summed E-state index contributed by atoms with van der Waals surface area (Å²) < 4.78 is 0. The van der Waals surface area contributed by atoms with Crippen molar-refractivity contribution in [3.05, 3.63) is 28.8 Å². The van der Waals surface area contributed by atoms with Gasteiger partial charge in [0.15, 0.2) is 0 Å². The smallest absolute Gasteiger partial charge is 0.251 e. The van der Waals surface area contributed by atoms with Crippen LogP contribution in [-0.2, 0) is 0 Å². The average molecular weight is 283 g/mol. The van der Waals surface area contributed by atoms with E-state index in [0.717, 1.165) is 32.5 Å². The summed E-state index contributed by atoms with van der Waals surface area (Å²) in [6.07, 6.45) is 2.12. The molecule has 0 aromatic heterocycles. The zero-order chi connectivity index (χ0) is 13.8. The largest absolute Gasteiger partial charge is 0.506 e. The van der Waals surface area contributed by atoms with Crippen LogP contribution in [0.1, 0.15) is 30.1 Å². The minimum absolute atomic E-state index is 0.00629. The highest BCUT2D eigenvalue weighted by Crippen LogP contribution is 2.23. The van der Waals surface area contributed by atoms with Gasteiger partial charge < -0.3 is 15.3 Å². The highest BCUT2D eigenvalue weighted by Gasteiger charge is 2.23. The number of amides is 1. The van der Waals surface area contributed by atoms with Crippen molar-refractivity contribution in [2.45, 2.75) is 25.8 Å². The number of carbonyl (C=O) groups is 1. The number of nitrogens with one attached hydrogen (secondary N) is 1. The van der Waals surface area contributed by atoms with Gasteiger partial charge in [-0.1, -0.05) is 18.5 Å². The van der Waals surface area contributed by atoms with E-state index in [-0.39, 0.29) is 22.7 Å². The van der Waals surface area contributed by atoms with E-state index < -0.39 is 0 Å². The second kappa shape index (κ2) is 6.26. The van der Waals surface area contributed by atoms with Gasteiger partial charge in [-0.2, -0.15) is 0 Å². The first-order valence-electron chi connectivity index (χ1n) is 6.62. The van der Waals surface area contributed by atoms with Crippen LogP contribution in [0.3, 0.4) is 0 Å². The maximum absolute atomic E-state index is 12.1. The van der Waals surface area contributed by atoms with E-state index in [1.54, 1.807) is 6.07 Å². The molecule has 4 nitrogen and oxygen atoms in total. The summed E-state index contributed by atoms with van der Waals surface area (Å²) in [7, 11) is 0. The van der Waals surface area contributed by atoms with Crippen molar-refractivity contribution in [1.29, 1.82) is 0 Å². The molecule has 1 saturated heterocycles. The molecule has 0 saturated carbocycles. The molecular weight excluding hydrogens is 264 g/mol. The second-order valence-electron chi connectivity index (χ2n) is 4.93. The van der Waals surface area contributed by atoms with Crippen molar-refractivity contribution in [2.75, 3.05) is 19.6 Å². The molecule has 1 aromatic carbocycles. The Balaban J connectivity index is 1.92. The normalized spacial score (nSPS) is 19.6. The van der Waals surface area contributed by atoms with Crippen LogP contribution < -0.4 is 5.32 Å². The molecule has 0 radical (unpaired) electrons. The van der Waals surface area contributed by atoms with Gasteiger partial charge in [-0.25, -0.2) is 0 Å². The zero-order valence-electron chi connectivity index (χ0n) is 11.0. The van der Waals surface area contributed by atoms with E-state index in [2.05, 4.69) is 17.1 Å². The molecule has 5 heteroatoms. The first-order valence-corrected chi connectivity index (χ1v) is 6.99. The van der Waals surface area contributed by atoms with Gasteiger partial charge in [-0.15, -0.1) is 0 Å². The van der Waals surface area contributed by atoms with E-state index in [9.17, 15) is 9.90 Å². The lowest BCUT2D eigenvalue weighted by Gasteiger charge is -2.15. The maximum atomic E-state index is 12.1. The molecule has 1 amide bonds. The molecule has 2 N–H and O–H groups in total. The summed E-state index contributed by atoms with van der Waals surface area (Å²) in [6, 6.07) is 4.71. The van der Waals surface area contributed by atoms with Crippen LogP contribution in [0.2, 0.25) is 5.02 Å². The first-order chi connectivity index (χ1) is 9.10. The number of benzene rings is 1. The summed E-state index contributed by atoms with van der Waals surface area (Å²) >= 11 is 5.80. The predicted molar refractivity (Wildman–Crippen MR) is 75.7 cm³/mol. The summed E-state index contributed by atoms with van der Waals surface area (Å²) in [6.45, 7) is 5.18. The number of hydrogen-bond donors (Lipinski definition) is 2. The molecule has 1 atom stereocenters. The van der Waals surface area contributed by atoms with Crippen LogP contribution in [0.4, 0.5) is 0 Å². The van der Waals surface area contributed by atoms with Gasteiger partial charge in [0, 0.05) is 24.7 Å². The molecule has 1 aliphatic heterocycles. The molecule has 0 spiro atoms. The first kappa shape index (κ1) is 14.2. The van der Waals surface area contributed by atoms with Gasteiger partial charge in [0.2, 0.25) is 0 Å². The number of nitrogens with zero attached hydrogens (tertiary/aromatic N) is 1. The zero-order valence-corrected chi connectivity index (χ0v) is 11.8. The maximum Gasteiger partial charge on any atom is 0.251 e. The Labute approximate surface area is 118 Å². The Morgan fingerprint density at radius 2 is 2.37 bits per heavy atom. The van der Waals surface area contributed by atoms with Gasteiger partial charge in [0.05, 0.1) is 5.02 Å². The van der Waals surface area contributed by atoms with E-state index in [1.807, 2.05) is 0 Å². The highest BCUT2D eigenvalue weighted by molar-refractivity contribution is 6.32. The standard InChI is InChI=1S/C14H19ClN2O2/c1-2-6-17-7-5-11(9-17)16-14(19)10-3-4-13(18)12(15)8-10/h3-4,8,11,18H,2,5-7,9H2,1H3,(H,16,19)/t11-/m0/s1. The molecule has 0 unspecified atom stereocenters. The van der Waals surface area contributed by atoms with Crippen LogP contribution in [0.5, 0.6) is 5.75 Å². The van der Waals surface area contributed by atoms with E-state index in [1.165, 1.54) is 12.1 Å². The number of carbonyl (C=O) groups excluding carboxylic acids is 1. The average Bonchev–Trinajstić information content (AvgIpc) is 2.80. The van der Waals surface area contributed by atoms with Gasteiger partial charge >= 0.3 is 0 Å². The Kier molecular flexibility index (Phi) is 4.66. The highest BCUT2D eigenvalue weighted by atomic mass is 35.5. The van der Waals surface area contributed by atoms with Crippen molar-refractivity contribution in [3.8, 4) is 5.75 Å². The molecule has 2 rings (SSSR count). The molecule has 1 aliphatic rings. The number of aromatic hydroxyl groups is 1. The molecule has 0 bridgehead atoms. The molecule has 19 heavy (non-hydrogen) atoms. The Morgan fingerprint density at radius 3 is 3.05 bits per heavy atom. The van der Waals surface area contributed by atoms with Crippen molar-refractivity contribution in [3.63, 3.8) is 0 Å². The Hall–Kier alpha value is -1.26. The molecular formula is C14H19ClN2O2. The quantitative estimate of drug-likeness (QED) is 0.891. The van der Waals surface area contributed by atoms with Crippen molar-refractivity contribution < 1.29 is 9.90 Å². The second-order valence-corrected chi connectivity index (χ2v) is 5.33. The Morgan fingerprint density at radius 1 is 1.58 bits per heavy atom. The Bertz CT molecular complexity index is 465. The number of likely N-dealkylation sites (tertiary alicyclic amines) is 1. The lowest BCUT2D eigenvalue weighted by atomic mass is 10.2. The molecule has 1 heterocycles. The predicted octanol–water partition coefficient (Wildman–Crippen LogP) is 2.26. The fourth-order valence-electron chi connectivity index (χ4n) is 2.39. The summed E-state index contributed by atoms with van der Waals surface area (Å²) in [5.74, 6) is -0.140. The molecule has 1 fully saturated rings. The van der Waals surface area contributed by atoms with Crippen molar-refractivity contribution in [1.82, 2.24) is 10.2 Å². The third-order valence-electron chi connectivity index (χ3n) is 3.36. The van der Waals surface area contributed by atoms with Crippen LogP contribution in [0.15, 0.2) is 18.2 Å². The number of phenols is 1. The minimum atomic E-state index is -0.134. The number of rotatable bonds is 4. The lowest BCUT2D eigenvalue weighted by molar-refractivity contribution is 0.0938. The minimum Gasteiger partial charge on any atom is -0.506 e. The van der Waals surface area contributed by atoms with E-state index in [4.69, 9.17) is 11.6 Å². The number of hydrogen-bond acceptors (Lipinski definition) is 3. The van der Waals surface area contributed by atoms with Crippen molar-refractivity contribution >= 4 is 17.5 Å². The topological polar surface area (TPSA) is 52.6 Å². The van der Waals surface area contributed by atoms with Crippen molar-refractivity contribution in [2.24, 2.45) is 0 Å². The summed E-state index contributed by atoms with van der Waals surface area (Å²) in [4.78, 5) is 14.4. The van der Waals surface area contributed by atoms with Crippen LogP contribution in [0, 0.1) is 0 Å². The monoisotopic (exact) mass is 282 g/mol. The number of phenolic OH excluding ortho intramolecular Hbond substituents is 1. The van der Waals surface area contributed by atoms with Crippen LogP contribution >= 0.6 is 11.6 Å². The fourth-order valence-corrected chi connectivity index (χ4v) is 2.57. The van der Waals surface area contributed by atoms with Gasteiger partial charge in [-0.3, -0.25) is 4.79 Å². The molecule has 104 valence electrons. The summed E-state index contributed by atoms with van der Waals surface area (Å²) in [5.41, 5.74) is 0.483. The third kappa shape index (κ3) is 3.61. The lowest BCUT2D eigenvalue weighted by Crippen LogP contribution is -2.37. The SMILES string of the molecule is CCCN1CC[C@H](NC(=O)c2ccc(O)c(Cl)c2)C1. The van der Waals surface area contributed by atoms with E-state index >= 15 is 0 Å². The van der Waals surface area contributed by atoms with E-state index in [0.29, 0.717) is 5.56 Å². The van der Waals surface area contributed by atoms with Crippen LogP contribution in [-0.4, -0.2) is 41.6 Å².